The number of anilines is 1. The average molecular weight is 786 g/mol. The number of ether oxygens (including phenoxy) is 2. The molecule has 1 aromatic heterocycles. The Hall–Kier alpha value is -5.17. The average Bonchev–Trinajstić information content (AvgIpc) is 3.17. The molecule has 1 unspecified atom stereocenters. The molecule has 19 heteroatoms. The number of aliphatic hydroxyl groups excluding tert-OH is 1. The number of hydrogen-bond acceptors (Lipinski definition) is 10. The van der Waals surface area contributed by atoms with Crippen LogP contribution in [0.25, 0.3) is 11.3 Å². The first-order chi connectivity index (χ1) is 25.8. The number of amides is 1. The number of aromatic nitrogens is 2. The highest BCUT2D eigenvalue weighted by Crippen LogP contribution is 2.46. The summed E-state index contributed by atoms with van der Waals surface area (Å²) in [5.74, 6) is -7.84. The minimum Gasteiger partial charge on any atom is -0.509 e. The number of aliphatic hydroxyl groups is 1. The SMILES string of the molecule is COC(=O)CN(C)CCOc1ccc(CC2CN(C)C3(CCC3)C(O)=C(C(=O)Nc3ccc(C(F)(F)F)cc3-c3cc(C(F)(F)F)ncn3)C2=O)c(F)c1F. The van der Waals surface area contributed by atoms with Gasteiger partial charge in [-0.2, -0.15) is 30.7 Å². The van der Waals surface area contributed by atoms with Gasteiger partial charge in [0.05, 0.1) is 36.1 Å². The van der Waals surface area contributed by atoms with Gasteiger partial charge in [-0.3, -0.25) is 24.2 Å². The van der Waals surface area contributed by atoms with Crippen LogP contribution < -0.4 is 10.1 Å². The van der Waals surface area contributed by atoms with E-state index in [-0.39, 0.29) is 31.8 Å². The van der Waals surface area contributed by atoms with Crippen LogP contribution in [0.1, 0.15) is 36.1 Å². The molecule has 55 heavy (non-hydrogen) atoms. The molecule has 2 heterocycles. The van der Waals surface area contributed by atoms with E-state index in [9.17, 15) is 45.8 Å². The molecule has 1 spiro atoms. The summed E-state index contributed by atoms with van der Waals surface area (Å²) < 4.78 is 122. The number of nitrogens with zero attached hydrogens (tertiary/aromatic N) is 4. The van der Waals surface area contributed by atoms with Gasteiger partial charge in [0.25, 0.3) is 5.91 Å². The Balaban J connectivity index is 1.45. The van der Waals surface area contributed by atoms with E-state index in [2.05, 4.69) is 20.0 Å². The molecule has 1 saturated carbocycles. The van der Waals surface area contributed by atoms with E-state index in [0.717, 1.165) is 12.1 Å². The third-order valence-corrected chi connectivity index (χ3v) is 9.71. The predicted octanol–water partition coefficient (Wildman–Crippen LogP) is 5.99. The van der Waals surface area contributed by atoms with Crippen LogP contribution in [0.4, 0.5) is 40.8 Å². The van der Waals surface area contributed by atoms with Crippen molar-refractivity contribution in [2.24, 2.45) is 5.92 Å². The molecule has 1 aliphatic carbocycles. The fourth-order valence-electron chi connectivity index (χ4n) is 6.50. The number of ketones is 1. The Morgan fingerprint density at radius 1 is 1.04 bits per heavy atom. The van der Waals surface area contributed by atoms with E-state index in [1.165, 1.54) is 18.1 Å². The van der Waals surface area contributed by atoms with Crippen molar-refractivity contribution in [1.82, 2.24) is 19.8 Å². The van der Waals surface area contributed by atoms with Crippen LogP contribution in [0.15, 0.2) is 54.1 Å². The lowest BCUT2D eigenvalue weighted by molar-refractivity contribution is -0.142. The molecule has 0 bridgehead atoms. The Labute approximate surface area is 308 Å². The number of Topliss-reactive ketones (excluding diaryl/α,β-unsaturated/α-hetero) is 1. The first-order valence-corrected chi connectivity index (χ1v) is 16.7. The van der Waals surface area contributed by atoms with E-state index in [4.69, 9.17) is 4.74 Å². The first-order valence-electron chi connectivity index (χ1n) is 16.7. The monoisotopic (exact) mass is 785 g/mol. The molecule has 2 aromatic carbocycles. The molecule has 1 aliphatic heterocycles. The lowest BCUT2D eigenvalue weighted by atomic mass is 9.73. The van der Waals surface area contributed by atoms with E-state index < -0.39 is 105 Å². The van der Waals surface area contributed by atoms with E-state index in [1.54, 1.807) is 19.0 Å². The van der Waals surface area contributed by atoms with Gasteiger partial charge in [0.15, 0.2) is 17.3 Å². The maximum Gasteiger partial charge on any atom is 0.433 e. The molecule has 1 fully saturated rings. The molecular formula is C36H35F8N5O6. The predicted molar refractivity (Wildman–Crippen MR) is 179 cm³/mol. The normalized spacial score (nSPS) is 17.6. The third-order valence-electron chi connectivity index (χ3n) is 9.71. The minimum atomic E-state index is -5.00. The van der Waals surface area contributed by atoms with Crippen LogP contribution in [0, 0.1) is 17.6 Å². The Bertz CT molecular complexity index is 2000. The largest absolute Gasteiger partial charge is 0.509 e. The highest BCUT2D eigenvalue weighted by Gasteiger charge is 2.51. The Morgan fingerprint density at radius 2 is 1.75 bits per heavy atom. The summed E-state index contributed by atoms with van der Waals surface area (Å²) in [6.45, 7) is -0.161. The number of benzene rings is 2. The van der Waals surface area contributed by atoms with E-state index >= 15 is 8.78 Å². The summed E-state index contributed by atoms with van der Waals surface area (Å²) in [5.41, 5.74) is -6.75. The molecule has 2 aliphatic rings. The first kappa shape index (κ1) is 41.0. The van der Waals surface area contributed by atoms with Crippen LogP contribution in [0.2, 0.25) is 0 Å². The van der Waals surface area contributed by atoms with Gasteiger partial charge in [-0.15, -0.1) is 0 Å². The molecule has 296 valence electrons. The number of carbonyl (C=O) groups is 3. The number of methoxy groups -OCH3 is 1. The molecular weight excluding hydrogens is 750 g/mol. The lowest BCUT2D eigenvalue weighted by Crippen LogP contribution is -2.54. The van der Waals surface area contributed by atoms with Crippen LogP contribution in [0.3, 0.4) is 0 Å². The zero-order chi connectivity index (χ0) is 40.5. The van der Waals surface area contributed by atoms with Gasteiger partial charge in [0, 0.05) is 24.6 Å². The summed E-state index contributed by atoms with van der Waals surface area (Å²) in [6, 6.07) is 4.53. The summed E-state index contributed by atoms with van der Waals surface area (Å²) in [7, 11) is 4.38. The summed E-state index contributed by atoms with van der Waals surface area (Å²) in [6.07, 6.45) is -8.75. The van der Waals surface area contributed by atoms with Crippen LogP contribution in [0.5, 0.6) is 5.75 Å². The topological polar surface area (TPSA) is 134 Å². The second kappa shape index (κ2) is 15.9. The van der Waals surface area contributed by atoms with Crippen molar-refractivity contribution in [3.63, 3.8) is 0 Å². The van der Waals surface area contributed by atoms with Crippen molar-refractivity contribution in [2.75, 3.05) is 52.8 Å². The van der Waals surface area contributed by atoms with Crippen LogP contribution >= 0.6 is 0 Å². The molecule has 1 atom stereocenters. The van der Waals surface area contributed by atoms with E-state index in [1.807, 2.05) is 0 Å². The summed E-state index contributed by atoms with van der Waals surface area (Å²) in [4.78, 5) is 49.5. The van der Waals surface area contributed by atoms with Crippen molar-refractivity contribution in [2.45, 2.75) is 43.6 Å². The van der Waals surface area contributed by atoms with Gasteiger partial charge in [-0.25, -0.2) is 14.4 Å². The molecule has 1 amide bonds. The zero-order valence-corrected chi connectivity index (χ0v) is 29.6. The number of carbonyl (C=O) groups excluding carboxylic acids is 3. The maximum atomic E-state index is 15.5. The molecule has 0 saturated heterocycles. The number of nitrogens with one attached hydrogen (secondary N) is 1. The Morgan fingerprint density at radius 3 is 2.36 bits per heavy atom. The highest BCUT2D eigenvalue weighted by atomic mass is 19.4. The van der Waals surface area contributed by atoms with Crippen molar-refractivity contribution < 1.29 is 64.1 Å². The standard InChI is InChI=1S/C36H35F8N5O6/c1-48(17-27(50)54-3)11-12-55-25-8-5-19(29(37)30(25)38)13-20-16-49(2)34(9-4-10-34)32(52)28(31(20)51)33(53)47-23-7-6-21(35(39,40)41)14-22(23)24-15-26(36(42,43)44)46-18-45-24/h5-8,14-15,18,20,52H,4,9-13,16-17H2,1-3H3,(H,47,53). The van der Waals surface area contributed by atoms with Crippen LogP contribution in [-0.4, -0.2) is 95.5 Å². The smallest absolute Gasteiger partial charge is 0.433 e. The summed E-state index contributed by atoms with van der Waals surface area (Å²) >= 11 is 0. The number of halogens is 8. The second-order valence-electron chi connectivity index (χ2n) is 13.3. The lowest BCUT2D eigenvalue weighted by Gasteiger charge is -2.47. The second-order valence-corrected chi connectivity index (χ2v) is 13.3. The van der Waals surface area contributed by atoms with E-state index in [0.29, 0.717) is 43.8 Å². The number of esters is 1. The molecule has 0 radical (unpaired) electrons. The van der Waals surface area contributed by atoms with Gasteiger partial charge in [0.2, 0.25) is 5.82 Å². The number of alkyl halides is 6. The molecule has 3 aromatic rings. The summed E-state index contributed by atoms with van der Waals surface area (Å²) in [5, 5.41) is 13.8. The zero-order valence-electron chi connectivity index (χ0n) is 29.6. The fourth-order valence-corrected chi connectivity index (χ4v) is 6.50. The minimum absolute atomic E-state index is 0.0684. The number of likely N-dealkylation sites (N-methyl/N-ethyl adjacent to an activating group) is 2. The van der Waals surface area contributed by atoms with Crippen molar-refractivity contribution in [1.29, 1.82) is 0 Å². The van der Waals surface area contributed by atoms with Crippen molar-refractivity contribution in [3.8, 4) is 17.0 Å². The van der Waals surface area contributed by atoms with Crippen molar-refractivity contribution >= 4 is 23.3 Å². The van der Waals surface area contributed by atoms with Gasteiger partial charge >= 0.3 is 18.3 Å². The van der Waals surface area contributed by atoms with Gasteiger partial charge in [-0.05, 0) is 75.7 Å². The number of rotatable bonds is 11. The molecule has 2 N–H and O–H groups in total. The number of hydrogen-bond donors (Lipinski definition) is 2. The van der Waals surface area contributed by atoms with Gasteiger partial charge in [-0.1, -0.05) is 6.07 Å². The third kappa shape index (κ3) is 8.72. The van der Waals surface area contributed by atoms with Gasteiger partial charge < -0.3 is 19.9 Å². The fraction of sp³-hybridized carbons (Fsp3) is 0.417. The van der Waals surface area contributed by atoms with Gasteiger partial charge in [0.1, 0.15) is 30.0 Å². The van der Waals surface area contributed by atoms with Crippen LogP contribution in [-0.2, 0) is 37.9 Å². The molecule has 11 nitrogen and oxygen atoms in total. The van der Waals surface area contributed by atoms with Crippen molar-refractivity contribution in [3.05, 3.63) is 82.5 Å². The molecule has 5 rings (SSSR count). The quantitative estimate of drug-likeness (QED) is 0.136. The maximum absolute atomic E-state index is 15.5. The Kier molecular flexibility index (Phi) is 11.9. The highest BCUT2D eigenvalue weighted by molar-refractivity contribution is 6.25.